The first-order valence-corrected chi connectivity index (χ1v) is 6.53. The summed E-state index contributed by atoms with van der Waals surface area (Å²) in [7, 11) is 0. The molecule has 2 rings (SSSR count). The van der Waals surface area contributed by atoms with Crippen LogP contribution in [0, 0.1) is 0 Å². The van der Waals surface area contributed by atoms with Gasteiger partial charge in [-0.3, -0.25) is 4.79 Å². The highest BCUT2D eigenvalue weighted by molar-refractivity contribution is 9.10. The van der Waals surface area contributed by atoms with E-state index in [1.807, 2.05) is 24.3 Å². The summed E-state index contributed by atoms with van der Waals surface area (Å²) in [5, 5.41) is 9.21. The van der Waals surface area contributed by atoms with Crippen molar-refractivity contribution in [2.24, 2.45) is 0 Å². The lowest BCUT2D eigenvalue weighted by Gasteiger charge is -2.17. The summed E-state index contributed by atoms with van der Waals surface area (Å²) < 4.78 is 0.983. The molecule has 1 heterocycles. The molecule has 0 saturated carbocycles. The minimum atomic E-state index is -1.11. The summed E-state index contributed by atoms with van der Waals surface area (Å²) in [4.78, 5) is 19.7. The summed E-state index contributed by atoms with van der Waals surface area (Å²) in [5.41, 5.74) is 0.533. The van der Waals surface area contributed by atoms with E-state index in [9.17, 15) is 9.90 Å². The molecule has 2 aromatic rings. The molecule has 0 atom stereocenters. The number of carboxylic acids is 1. The third-order valence-corrected chi connectivity index (χ3v) is 3.42. The van der Waals surface area contributed by atoms with Crippen LogP contribution in [-0.4, -0.2) is 21.0 Å². The van der Waals surface area contributed by atoms with Crippen molar-refractivity contribution in [1.82, 2.24) is 9.97 Å². The number of hydrogen-bond donors (Lipinski definition) is 1. The molecule has 0 aliphatic rings. The number of halogens is 1. The van der Waals surface area contributed by atoms with E-state index in [1.54, 1.807) is 26.1 Å². The number of benzene rings is 1. The number of nitrogens with zero attached hydrogens (tertiary/aromatic N) is 2. The average Bonchev–Trinajstić information content (AvgIpc) is 2.39. The molecule has 0 saturated heterocycles. The van der Waals surface area contributed by atoms with E-state index in [0.717, 1.165) is 10.0 Å². The van der Waals surface area contributed by atoms with E-state index in [-0.39, 0.29) is 0 Å². The highest BCUT2D eigenvalue weighted by Crippen LogP contribution is 2.24. The van der Waals surface area contributed by atoms with Crippen LogP contribution >= 0.6 is 15.9 Å². The van der Waals surface area contributed by atoms with Crippen LogP contribution in [0.4, 0.5) is 0 Å². The average molecular weight is 321 g/mol. The maximum atomic E-state index is 11.2. The first-order chi connectivity index (χ1) is 8.91. The van der Waals surface area contributed by atoms with E-state index >= 15 is 0 Å². The van der Waals surface area contributed by atoms with Crippen LogP contribution in [0.15, 0.2) is 41.0 Å². The highest BCUT2D eigenvalue weighted by Gasteiger charge is 2.32. The molecule has 0 unspecified atom stereocenters. The monoisotopic (exact) mass is 320 g/mol. The van der Waals surface area contributed by atoms with Crippen LogP contribution in [-0.2, 0) is 10.2 Å². The second kappa shape index (κ2) is 5.09. The Labute approximate surface area is 119 Å². The van der Waals surface area contributed by atoms with Crippen molar-refractivity contribution in [2.45, 2.75) is 19.3 Å². The van der Waals surface area contributed by atoms with Crippen molar-refractivity contribution in [3.63, 3.8) is 0 Å². The lowest BCUT2D eigenvalue weighted by Crippen LogP contribution is -2.30. The van der Waals surface area contributed by atoms with Crippen molar-refractivity contribution < 1.29 is 9.90 Å². The van der Waals surface area contributed by atoms with Crippen LogP contribution in [0.3, 0.4) is 0 Å². The zero-order valence-electron chi connectivity index (χ0n) is 10.6. The first-order valence-electron chi connectivity index (χ1n) is 5.74. The molecule has 1 N–H and O–H groups in total. The minimum Gasteiger partial charge on any atom is -0.481 e. The zero-order chi connectivity index (χ0) is 14.0. The normalized spacial score (nSPS) is 11.3. The third-order valence-electron chi connectivity index (χ3n) is 2.89. The van der Waals surface area contributed by atoms with Crippen LogP contribution in [0.1, 0.15) is 19.7 Å². The second-order valence-electron chi connectivity index (χ2n) is 4.70. The SMILES string of the molecule is CC(C)(C(=O)O)c1nccc(-c2ccc(Br)cc2)n1. The molecule has 19 heavy (non-hydrogen) atoms. The number of aromatic nitrogens is 2. The molecule has 0 spiro atoms. The van der Waals surface area contributed by atoms with Gasteiger partial charge in [-0.1, -0.05) is 28.1 Å². The Morgan fingerprint density at radius 1 is 1.21 bits per heavy atom. The van der Waals surface area contributed by atoms with Gasteiger partial charge in [-0.15, -0.1) is 0 Å². The fraction of sp³-hybridized carbons (Fsp3) is 0.214. The maximum absolute atomic E-state index is 11.2. The van der Waals surface area contributed by atoms with E-state index in [4.69, 9.17) is 0 Å². The van der Waals surface area contributed by atoms with Gasteiger partial charge in [0.05, 0.1) is 5.69 Å². The Morgan fingerprint density at radius 2 is 1.84 bits per heavy atom. The zero-order valence-corrected chi connectivity index (χ0v) is 12.2. The van der Waals surface area contributed by atoms with Crippen LogP contribution in [0.5, 0.6) is 0 Å². The molecule has 4 nitrogen and oxygen atoms in total. The van der Waals surface area contributed by atoms with Crippen molar-refractivity contribution in [1.29, 1.82) is 0 Å². The number of carboxylic acid groups (broad SMARTS) is 1. The summed E-state index contributed by atoms with van der Waals surface area (Å²) in [6.07, 6.45) is 1.59. The summed E-state index contributed by atoms with van der Waals surface area (Å²) in [6, 6.07) is 9.44. The van der Waals surface area contributed by atoms with Crippen LogP contribution in [0.2, 0.25) is 0 Å². The predicted molar refractivity (Wildman–Crippen MR) is 75.8 cm³/mol. The minimum absolute atomic E-state index is 0.306. The van der Waals surface area contributed by atoms with Gasteiger partial charge >= 0.3 is 5.97 Å². The fourth-order valence-corrected chi connectivity index (χ4v) is 1.80. The van der Waals surface area contributed by atoms with E-state index in [1.165, 1.54) is 0 Å². The fourth-order valence-electron chi connectivity index (χ4n) is 1.54. The number of hydrogen-bond acceptors (Lipinski definition) is 3. The van der Waals surface area contributed by atoms with Gasteiger partial charge in [0.1, 0.15) is 11.2 Å². The quantitative estimate of drug-likeness (QED) is 0.942. The number of rotatable bonds is 3. The Balaban J connectivity index is 2.45. The number of carbonyl (C=O) groups is 1. The van der Waals surface area contributed by atoms with Gasteiger partial charge in [0.25, 0.3) is 0 Å². The van der Waals surface area contributed by atoms with Gasteiger partial charge in [0, 0.05) is 16.2 Å². The Kier molecular flexibility index (Phi) is 3.66. The maximum Gasteiger partial charge on any atom is 0.316 e. The Morgan fingerprint density at radius 3 is 2.42 bits per heavy atom. The van der Waals surface area contributed by atoms with E-state index in [0.29, 0.717) is 11.5 Å². The van der Waals surface area contributed by atoms with Crippen LogP contribution < -0.4 is 0 Å². The standard InChI is InChI=1S/C14H13BrN2O2/c1-14(2,13(18)19)12-16-8-7-11(17-12)9-3-5-10(15)6-4-9/h3-8H,1-2H3,(H,18,19). The van der Waals surface area contributed by atoms with Gasteiger partial charge in [-0.2, -0.15) is 0 Å². The molecule has 98 valence electrons. The first kappa shape index (κ1) is 13.7. The van der Waals surface area contributed by atoms with E-state index in [2.05, 4.69) is 25.9 Å². The molecule has 1 aromatic heterocycles. The van der Waals surface area contributed by atoms with Gasteiger partial charge in [0.2, 0.25) is 0 Å². The number of aliphatic carboxylic acids is 1. The van der Waals surface area contributed by atoms with Crippen molar-refractivity contribution >= 4 is 21.9 Å². The van der Waals surface area contributed by atoms with Gasteiger partial charge in [-0.05, 0) is 32.0 Å². The topological polar surface area (TPSA) is 63.1 Å². The second-order valence-corrected chi connectivity index (χ2v) is 5.62. The molecule has 0 bridgehead atoms. The molecule has 5 heteroatoms. The Bertz CT molecular complexity index is 609. The van der Waals surface area contributed by atoms with Crippen molar-refractivity contribution in [2.75, 3.05) is 0 Å². The van der Waals surface area contributed by atoms with Crippen molar-refractivity contribution in [3.8, 4) is 11.3 Å². The lowest BCUT2D eigenvalue weighted by atomic mass is 9.92. The predicted octanol–water partition coefficient (Wildman–Crippen LogP) is 3.27. The summed E-state index contributed by atoms with van der Waals surface area (Å²) in [5.74, 6) is -0.638. The molecule has 0 amide bonds. The molecule has 0 aliphatic heterocycles. The van der Waals surface area contributed by atoms with E-state index < -0.39 is 11.4 Å². The third kappa shape index (κ3) is 2.81. The molecule has 0 radical (unpaired) electrons. The van der Waals surface area contributed by atoms with Crippen molar-refractivity contribution in [3.05, 3.63) is 46.8 Å². The molecule has 1 aromatic carbocycles. The molecular weight excluding hydrogens is 308 g/mol. The Hall–Kier alpha value is -1.75. The smallest absolute Gasteiger partial charge is 0.316 e. The van der Waals surface area contributed by atoms with Gasteiger partial charge < -0.3 is 5.11 Å². The molecule has 0 aliphatic carbocycles. The van der Waals surface area contributed by atoms with Gasteiger partial charge in [0.15, 0.2) is 0 Å². The summed E-state index contributed by atoms with van der Waals surface area (Å²) in [6.45, 7) is 3.19. The lowest BCUT2D eigenvalue weighted by molar-refractivity contribution is -0.142. The largest absolute Gasteiger partial charge is 0.481 e. The van der Waals surface area contributed by atoms with Crippen LogP contribution in [0.25, 0.3) is 11.3 Å². The van der Waals surface area contributed by atoms with Gasteiger partial charge in [-0.25, -0.2) is 9.97 Å². The molecule has 0 fully saturated rings. The highest BCUT2D eigenvalue weighted by atomic mass is 79.9. The molecular formula is C14H13BrN2O2. The summed E-state index contributed by atoms with van der Waals surface area (Å²) >= 11 is 3.37.